The second-order valence-corrected chi connectivity index (χ2v) is 6.20. The van der Waals surface area contributed by atoms with Crippen LogP contribution in [-0.4, -0.2) is 38.9 Å². The zero-order valence-corrected chi connectivity index (χ0v) is 14.6. The number of pyridine rings is 1. The Morgan fingerprint density at radius 2 is 2.20 bits per heavy atom. The number of nitrogens with one attached hydrogen (secondary N) is 1. The van der Waals surface area contributed by atoms with Crippen molar-refractivity contribution in [2.45, 2.75) is 38.8 Å². The summed E-state index contributed by atoms with van der Waals surface area (Å²) < 4.78 is 1.57. The molecule has 1 saturated heterocycles. The van der Waals surface area contributed by atoms with E-state index < -0.39 is 0 Å². The summed E-state index contributed by atoms with van der Waals surface area (Å²) in [6.07, 6.45) is 3.88. The van der Waals surface area contributed by atoms with E-state index in [-0.39, 0.29) is 17.5 Å². The quantitative estimate of drug-likeness (QED) is 0.896. The summed E-state index contributed by atoms with van der Waals surface area (Å²) in [7, 11) is 1.82. The number of amides is 1. The van der Waals surface area contributed by atoms with Crippen LogP contribution >= 0.6 is 0 Å². The van der Waals surface area contributed by atoms with Crippen LogP contribution in [0.25, 0.3) is 0 Å². The van der Waals surface area contributed by atoms with Gasteiger partial charge < -0.3 is 14.8 Å². The van der Waals surface area contributed by atoms with Gasteiger partial charge in [-0.3, -0.25) is 9.59 Å². The molecule has 0 aliphatic carbocycles. The molecule has 0 saturated carbocycles. The van der Waals surface area contributed by atoms with Gasteiger partial charge in [0.05, 0.1) is 11.7 Å². The van der Waals surface area contributed by atoms with Crippen molar-refractivity contribution in [2.24, 2.45) is 0 Å². The predicted octanol–water partition coefficient (Wildman–Crippen LogP) is 1.74. The molecule has 3 heterocycles. The van der Waals surface area contributed by atoms with Crippen molar-refractivity contribution in [3.63, 3.8) is 0 Å². The summed E-state index contributed by atoms with van der Waals surface area (Å²) in [6.45, 7) is 2.98. The van der Waals surface area contributed by atoms with Gasteiger partial charge in [0.1, 0.15) is 11.6 Å². The van der Waals surface area contributed by atoms with Crippen molar-refractivity contribution in [1.82, 2.24) is 19.4 Å². The summed E-state index contributed by atoms with van der Waals surface area (Å²) >= 11 is 0. The summed E-state index contributed by atoms with van der Waals surface area (Å²) in [4.78, 5) is 35.2. The third-order valence-electron chi connectivity index (χ3n) is 4.49. The molecule has 7 heteroatoms. The lowest BCUT2D eigenvalue weighted by molar-refractivity contribution is -0.132. The monoisotopic (exact) mass is 341 g/mol. The maximum atomic E-state index is 12.7. The van der Waals surface area contributed by atoms with E-state index in [0.29, 0.717) is 18.8 Å². The van der Waals surface area contributed by atoms with E-state index in [1.165, 1.54) is 6.07 Å². The highest BCUT2D eigenvalue weighted by atomic mass is 16.2. The van der Waals surface area contributed by atoms with Crippen molar-refractivity contribution in [1.29, 1.82) is 0 Å². The minimum atomic E-state index is -0.0849. The Morgan fingerprint density at radius 3 is 2.96 bits per heavy atom. The average molecular weight is 341 g/mol. The zero-order valence-electron chi connectivity index (χ0n) is 14.6. The average Bonchev–Trinajstić information content (AvgIpc) is 3.10. The van der Waals surface area contributed by atoms with E-state index in [9.17, 15) is 9.59 Å². The second kappa shape index (κ2) is 7.46. The molecule has 0 radical (unpaired) electrons. The Morgan fingerprint density at radius 1 is 1.36 bits per heavy atom. The number of anilines is 1. The highest BCUT2D eigenvalue weighted by molar-refractivity contribution is 5.77. The van der Waals surface area contributed by atoms with Crippen LogP contribution in [0.3, 0.4) is 0 Å². The van der Waals surface area contributed by atoms with Gasteiger partial charge in [-0.05, 0) is 25.8 Å². The van der Waals surface area contributed by atoms with Gasteiger partial charge >= 0.3 is 0 Å². The fourth-order valence-electron chi connectivity index (χ4n) is 3.27. The molecule has 0 unspecified atom stereocenters. The third-order valence-corrected chi connectivity index (χ3v) is 4.49. The number of carbonyl (C=O) groups is 1. The highest BCUT2D eigenvalue weighted by Gasteiger charge is 2.31. The normalized spacial score (nSPS) is 16.9. The van der Waals surface area contributed by atoms with Gasteiger partial charge in [0.15, 0.2) is 0 Å². The maximum absolute atomic E-state index is 12.7. The van der Waals surface area contributed by atoms with Gasteiger partial charge in [-0.2, -0.15) is 0 Å². The lowest BCUT2D eigenvalue weighted by Gasteiger charge is -2.25. The first-order valence-corrected chi connectivity index (χ1v) is 8.57. The van der Waals surface area contributed by atoms with Crippen LogP contribution in [0.15, 0.2) is 35.3 Å². The van der Waals surface area contributed by atoms with Gasteiger partial charge in [0, 0.05) is 44.9 Å². The van der Waals surface area contributed by atoms with Crippen LogP contribution in [0.2, 0.25) is 0 Å². The van der Waals surface area contributed by atoms with Crippen molar-refractivity contribution in [3.05, 3.63) is 52.3 Å². The van der Waals surface area contributed by atoms with Gasteiger partial charge in [-0.15, -0.1) is 0 Å². The van der Waals surface area contributed by atoms with Crippen molar-refractivity contribution >= 4 is 11.7 Å². The molecule has 2 aromatic rings. The first kappa shape index (κ1) is 17.1. The molecule has 0 spiro atoms. The lowest BCUT2D eigenvalue weighted by atomic mass is 10.1. The fourth-order valence-corrected chi connectivity index (χ4v) is 3.27. The second-order valence-electron chi connectivity index (χ2n) is 6.20. The number of hydrogen-bond donors (Lipinski definition) is 1. The molecule has 7 nitrogen and oxygen atoms in total. The minimum Gasteiger partial charge on any atom is -0.373 e. The molecule has 1 aliphatic heterocycles. The number of hydrogen-bond acceptors (Lipinski definition) is 5. The smallest absolute Gasteiger partial charge is 0.250 e. The predicted molar refractivity (Wildman–Crippen MR) is 95.3 cm³/mol. The molecule has 3 rings (SSSR count). The highest BCUT2D eigenvalue weighted by Crippen LogP contribution is 2.32. The van der Waals surface area contributed by atoms with E-state index in [2.05, 4.69) is 15.3 Å². The lowest BCUT2D eigenvalue weighted by Crippen LogP contribution is -2.32. The first-order chi connectivity index (χ1) is 12.1. The Kier molecular flexibility index (Phi) is 5.11. The fraction of sp³-hybridized carbons (Fsp3) is 0.444. The SMILES string of the molecule is CNc1cc([C@@H]2CCCN2C(=O)CCn2ccccc2=O)nc(C)n1. The number of aryl methyl sites for hydroxylation is 2. The van der Waals surface area contributed by atoms with Crippen LogP contribution in [0, 0.1) is 6.92 Å². The Hall–Kier alpha value is -2.70. The molecule has 2 aromatic heterocycles. The van der Waals surface area contributed by atoms with Gasteiger partial charge in [-0.1, -0.05) is 6.07 Å². The molecule has 1 aliphatic rings. The molecule has 1 N–H and O–H groups in total. The topological polar surface area (TPSA) is 80.1 Å². The summed E-state index contributed by atoms with van der Waals surface area (Å²) in [5.74, 6) is 1.51. The largest absolute Gasteiger partial charge is 0.373 e. The summed E-state index contributed by atoms with van der Waals surface area (Å²) in [5.41, 5.74) is 0.790. The first-order valence-electron chi connectivity index (χ1n) is 8.57. The standard InChI is InChI=1S/C18H23N5O2/c1-13-20-14(12-16(19-2)21-13)15-6-5-10-23(15)18(25)8-11-22-9-4-3-7-17(22)24/h3-4,7,9,12,15H,5-6,8,10-11H2,1-2H3,(H,19,20,21)/t15-/m0/s1. The number of rotatable bonds is 5. The van der Waals surface area contributed by atoms with E-state index in [0.717, 1.165) is 30.9 Å². The Labute approximate surface area is 146 Å². The number of likely N-dealkylation sites (tertiary alicyclic amines) is 1. The summed E-state index contributed by atoms with van der Waals surface area (Å²) in [5, 5.41) is 3.04. The van der Waals surface area contributed by atoms with Gasteiger partial charge in [0.2, 0.25) is 5.91 Å². The number of aromatic nitrogens is 3. The van der Waals surface area contributed by atoms with Gasteiger partial charge in [-0.25, -0.2) is 9.97 Å². The van der Waals surface area contributed by atoms with Crippen LogP contribution < -0.4 is 10.9 Å². The van der Waals surface area contributed by atoms with Crippen molar-refractivity contribution < 1.29 is 4.79 Å². The van der Waals surface area contributed by atoms with Crippen molar-refractivity contribution in [2.75, 3.05) is 18.9 Å². The Balaban J connectivity index is 1.73. The van der Waals surface area contributed by atoms with Crippen LogP contribution in [-0.2, 0) is 11.3 Å². The van der Waals surface area contributed by atoms with Gasteiger partial charge in [0.25, 0.3) is 5.56 Å². The minimum absolute atomic E-state index is 0.0196. The molecule has 0 aromatic carbocycles. The molecule has 0 bridgehead atoms. The molecular weight excluding hydrogens is 318 g/mol. The molecule has 25 heavy (non-hydrogen) atoms. The molecular formula is C18H23N5O2. The Bertz CT molecular complexity index is 817. The van der Waals surface area contributed by atoms with E-state index in [4.69, 9.17) is 0 Å². The van der Waals surface area contributed by atoms with E-state index in [1.807, 2.05) is 24.9 Å². The van der Waals surface area contributed by atoms with Crippen LogP contribution in [0.4, 0.5) is 5.82 Å². The molecule has 1 fully saturated rings. The molecule has 1 atom stereocenters. The van der Waals surface area contributed by atoms with E-state index in [1.54, 1.807) is 22.9 Å². The van der Waals surface area contributed by atoms with Crippen LogP contribution in [0.5, 0.6) is 0 Å². The van der Waals surface area contributed by atoms with Crippen molar-refractivity contribution in [3.8, 4) is 0 Å². The van der Waals surface area contributed by atoms with E-state index >= 15 is 0 Å². The maximum Gasteiger partial charge on any atom is 0.250 e. The zero-order chi connectivity index (χ0) is 17.8. The molecule has 1 amide bonds. The number of nitrogens with zero attached hydrogens (tertiary/aromatic N) is 4. The summed E-state index contributed by atoms with van der Waals surface area (Å²) in [6, 6.07) is 6.90. The molecule has 132 valence electrons. The third kappa shape index (κ3) is 3.87. The number of carbonyl (C=O) groups excluding carboxylic acids is 1. The van der Waals surface area contributed by atoms with Crippen LogP contribution in [0.1, 0.15) is 36.8 Å².